The molecule has 2 N–H and O–H groups in total. The highest BCUT2D eigenvalue weighted by Crippen LogP contribution is 2.28. The topological polar surface area (TPSA) is 72.6 Å². The van der Waals surface area contributed by atoms with Crippen LogP contribution in [0.5, 0.6) is 0 Å². The number of nitrogens with two attached hydrogens (primary N) is 1. The van der Waals surface area contributed by atoms with E-state index in [-0.39, 0.29) is 36.8 Å². The summed E-state index contributed by atoms with van der Waals surface area (Å²) >= 11 is 0. The summed E-state index contributed by atoms with van der Waals surface area (Å²) in [6.07, 6.45) is 3.63. The molecule has 0 saturated heterocycles. The lowest BCUT2D eigenvalue weighted by Gasteiger charge is -2.26. The number of halogens is 1. The highest BCUT2D eigenvalue weighted by molar-refractivity contribution is 5.85. The standard InChI is InChI=1S/C12H22N2O3.ClH/c1-14(2)11(15)8-17-12(16)10-5-3-9(7-13)4-6-10;/h9-10H,3-8,13H2,1-2H3;1H. The fraction of sp³-hybridized carbons (Fsp3) is 0.833. The van der Waals surface area contributed by atoms with Crippen molar-refractivity contribution in [2.45, 2.75) is 25.7 Å². The van der Waals surface area contributed by atoms with Crippen molar-refractivity contribution in [3.63, 3.8) is 0 Å². The Morgan fingerprint density at radius 2 is 1.78 bits per heavy atom. The first-order chi connectivity index (χ1) is 8.04. The van der Waals surface area contributed by atoms with Crippen LogP contribution in [0.3, 0.4) is 0 Å². The van der Waals surface area contributed by atoms with Gasteiger partial charge in [0.15, 0.2) is 6.61 Å². The summed E-state index contributed by atoms with van der Waals surface area (Å²) in [5.41, 5.74) is 5.59. The van der Waals surface area contributed by atoms with Crippen molar-refractivity contribution >= 4 is 24.3 Å². The summed E-state index contributed by atoms with van der Waals surface area (Å²) in [5, 5.41) is 0. The van der Waals surface area contributed by atoms with Gasteiger partial charge in [-0.2, -0.15) is 0 Å². The van der Waals surface area contributed by atoms with Gasteiger partial charge in [-0.15, -0.1) is 12.4 Å². The number of rotatable bonds is 4. The van der Waals surface area contributed by atoms with Crippen LogP contribution in [0.15, 0.2) is 0 Å². The van der Waals surface area contributed by atoms with E-state index in [9.17, 15) is 9.59 Å². The molecule has 0 heterocycles. The van der Waals surface area contributed by atoms with E-state index in [1.165, 1.54) is 4.90 Å². The van der Waals surface area contributed by atoms with Gasteiger partial charge in [0.25, 0.3) is 5.91 Å². The summed E-state index contributed by atoms with van der Waals surface area (Å²) in [6.45, 7) is 0.545. The van der Waals surface area contributed by atoms with Gasteiger partial charge in [-0.3, -0.25) is 9.59 Å². The molecule has 0 atom stereocenters. The zero-order valence-corrected chi connectivity index (χ0v) is 11.9. The summed E-state index contributed by atoms with van der Waals surface area (Å²) < 4.78 is 5.01. The third-order valence-corrected chi connectivity index (χ3v) is 3.35. The number of ether oxygens (including phenoxy) is 1. The maximum atomic E-state index is 11.7. The number of carbonyl (C=O) groups is 2. The van der Waals surface area contributed by atoms with Gasteiger partial charge in [0.05, 0.1) is 5.92 Å². The third-order valence-electron chi connectivity index (χ3n) is 3.35. The monoisotopic (exact) mass is 278 g/mol. The van der Waals surface area contributed by atoms with E-state index in [0.717, 1.165) is 25.7 Å². The average molecular weight is 279 g/mol. The molecular formula is C12H23ClN2O3. The maximum absolute atomic E-state index is 11.7. The van der Waals surface area contributed by atoms with E-state index in [2.05, 4.69) is 0 Å². The predicted octanol–water partition coefficient (Wildman–Crippen LogP) is 0.805. The quantitative estimate of drug-likeness (QED) is 0.772. The highest BCUT2D eigenvalue weighted by Gasteiger charge is 2.27. The number of likely N-dealkylation sites (N-methyl/N-ethyl adjacent to an activating group) is 1. The Bertz CT molecular complexity index is 276. The van der Waals surface area contributed by atoms with Gasteiger partial charge in [-0.25, -0.2) is 0 Å². The minimum absolute atomic E-state index is 0. The number of amides is 1. The SMILES string of the molecule is CN(C)C(=O)COC(=O)C1CCC(CN)CC1.Cl. The van der Waals surface area contributed by atoms with Gasteiger partial charge in [0.2, 0.25) is 0 Å². The molecule has 106 valence electrons. The number of nitrogens with zero attached hydrogens (tertiary/aromatic N) is 1. The Hall–Kier alpha value is -0.810. The van der Waals surface area contributed by atoms with Crippen LogP contribution in [-0.2, 0) is 14.3 Å². The Morgan fingerprint density at radius 3 is 2.22 bits per heavy atom. The maximum Gasteiger partial charge on any atom is 0.309 e. The zero-order chi connectivity index (χ0) is 12.8. The molecule has 1 fully saturated rings. The van der Waals surface area contributed by atoms with Gasteiger partial charge < -0.3 is 15.4 Å². The second-order valence-corrected chi connectivity index (χ2v) is 4.85. The fourth-order valence-corrected chi connectivity index (χ4v) is 2.01. The van der Waals surface area contributed by atoms with Crippen molar-refractivity contribution < 1.29 is 14.3 Å². The van der Waals surface area contributed by atoms with Crippen molar-refractivity contribution in [1.29, 1.82) is 0 Å². The van der Waals surface area contributed by atoms with E-state index >= 15 is 0 Å². The largest absolute Gasteiger partial charge is 0.455 e. The van der Waals surface area contributed by atoms with E-state index in [0.29, 0.717) is 12.5 Å². The normalized spacial score (nSPS) is 22.8. The van der Waals surface area contributed by atoms with E-state index < -0.39 is 0 Å². The smallest absolute Gasteiger partial charge is 0.309 e. The van der Waals surface area contributed by atoms with Crippen LogP contribution < -0.4 is 5.73 Å². The fourth-order valence-electron chi connectivity index (χ4n) is 2.01. The van der Waals surface area contributed by atoms with Crippen molar-refractivity contribution in [3.8, 4) is 0 Å². The first-order valence-corrected chi connectivity index (χ1v) is 6.11. The van der Waals surface area contributed by atoms with Crippen LogP contribution in [-0.4, -0.2) is 44.0 Å². The summed E-state index contributed by atoms with van der Waals surface area (Å²) in [4.78, 5) is 24.4. The van der Waals surface area contributed by atoms with Crippen LogP contribution in [0.1, 0.15) is 25.7 Å². The van der Waals surface area contributed by atoms with Crippen LogP contribution in [0.4, 0.5) is 0 Å². The Morgan fingerprint density at radius 1 is 1.22 bits per heavy atom. The summed E-state index contributed by atoms with van der Waals surface area (Å²) in [7, 11) is 3.28. The zero-order valence-electron chi connectivity index (χ0n) is 11.1. The molecule has 0 aliphatic heterocycles. The molecule has 18 heavy (non-hydrogen) atoms. The molecule has 1 rings (SSSR count). The molecule has 1 aliphatic carbocycles. The highest BCUT2D eigenvalue weighted by atomic mass is 35.5. The van der Waals surface area contributed by atoms with Crippen LogP contribution in [0, 0.1) is 11.8 Å². The lowest BCUT2D eigenvalue weighted by atomic mass is 9.82. The van der Waals surface area contributed by atoms with Gasteiger partial charge >= 0.3 is 5.97 Å². The van der Waals surface area contributed by atoms with Crippen molar-refractivity contribution in [3.05, 3.63) is 0 Å². The van der Waals surface area contributed by atoms with Gasteiger partial charge in [-0.05, 0) is 38.1 Å². The molecule has 0 aromatic rings. The molecule has 0 aromatic carbocycles. The molecular weight excluding hydrogens is 256 g/mol. The van der Waals surface area contributed by atoms with Crippen LogP contribution in [0.25, 0.3) is 0 Å². The van der Waals surface area contributed by atoms with Crippen LogP contribution in [0.2, 0.25) is 0 Å². The molecule has 0 radical (unpaired) electrons. The molecule has 1 saturated carbocycles. The second kappa shape index (κ2) is 8.32. The van der Waals surface area contributed by atoms with E-state index in [1.54, 1.807) is 14.1 Å². The molecule has 0 unspecified atom stereocenters. The van der Waals surface area contributed by atoms with Crippen molar-refractivity contribution in [2.24, 2.45) is 17.6 Å². The number of esters is 1. The number of hydrogen-bond acceptors (Lipinski definition) is 4. The molecule has 0 spiro atoms. The second-order valence-electron chi connectivity index (χ2n) is 4.85. The van der Waals surface area contributed by atoms with Crippen molar-refractivity contribution in [2.75, 3.05) is 27.2 Å². The number of carbonyl (C=O) groups excluding carboxylic acids is 2. The first kappa shape index (κ1) is 17.2. The molecule has 1 amide bonds. The first-order valence-electron chi connectivity index (χ1n) is 6.11. The van der Waals surface area contributed by atoms with Gasteiger partial charge in [0, 0.05) is 14.1 Å². The molecule has 5 nitrogen and oxygen atoms in total. The molecule has 0 aromatic heterocycles. The van der Waals surface area contributed by atoms with Crippen molar-refractivity contribution in [1.82, 2.24) is 4.90 Å². The Balaban J connectivity index is 0.00000289. The van der Waals surface area contributed by atoms with E-state index in [1.807, 2.05) is 0 Å². The van der Waals surface area contributed by atoms with E-state index in [4.69, 9.17) is 10.5 Å². The lowest BCUT2D eigenvalue weighted by molar-refractivity contribution is -0.155. The minimum atomic E-state index is -0.240. The van der Waals surface area contributed by atoms with Crippen LogP contribution >= 0.6 is 12.4 Å². The average Bonchev–Trinajstić information content (AvgIpc) is 2.35. The van der Waals surface area contributed by atoms with Gasteiger partial charge in [0.1, 0.15) is 0 Å². The predicted molar refractivity (Wildman–Crippen MR) is 71.4 cm³/mol. The summed E-state index contributed by atoms with van der Waals surface area (Å²) in [5.74, 6) is 0.0693. The minimum Gasteiger partial charge on any atom is -0.455 e. The molecule has 0 bridgehead atoms. The summed E-state index contributed by atoms with van der Waals surface area (Å²) in [6, 6.07) is 0. The molecule has 1 aliphatic rings. The Labute approximate surface area is 114 Å². The number of hydrogen-bond donors (Lipinski definition) is 1. The molecule has 6 heteroatoms. The third kappa shape index (κ3) is 5.23. The van der Waals surface area contributed by atoms with Gasteiger partial charge in [-0.1, -0.05) is 0 Å². The lowest BCUT2D eigenvalue weighted by Crippen LogP contribution is -2.31. The Kier molecular flexibility index (Phi) is 7.95.